The lowest BCUT2D eigenvalue weighted by molar-refractivity contribution is 0.0665. The van der Waals surface area contributed by atoms with Crippen LogP contribution in [0.4, 0.5) is 5.82 Å². The van der Waals surface area contributed by atoms with Crippen LogP contribution in [0.5, 0.6) is 5.75 Å². The van der Waals surface area contributed by atoms with Crippen LogP contribution in [0.2, 0.25) is 0 Å². The van der Waals surface area contributed by atoms with Gasteiger partial charge < -0.3 is 14.8 Å². The minimum atomic E-state index is -0.139. The number of alkyl halides is 1. The number of hydrogen-bond donors (Lipinski definition) is 1. The minimum absolute atomic E-state index is 0.139. The van der Waals surface area contributed by atoms with Crippen molar-refractivity contribution in [2.75, 3.05) is 31.0 Å². The summed E-state index contributed by atoms with van der Waals surface area (Å²) in [6, 6.07) is 3.79. The maximum atomic E-state index is 6.13. The molecule has 1 fully saturated rings. The van der Waals surface area contributed by atoms with Gasteiger partial charge in [-0.15, -0.1) is 11.6 Å². The summed E-state index contributed by atoms with van der Waals surface area (Å²) in [5, 5.41) is 3.45. The predicted octanol–water partition coefficient (Wildman–Crippen LogP) is 2.68. The van der Waals surface area contributed by atoms with E-state index in [1.54, 1.807) is 6.20 Å². The molecule has 5 heteroatoms. The quantitative estimate of drug-likeness (QED) is 0.836. The summed E-state index contributed by atoms with van der Waals surface area (Å²) in [4.78, 5) is 4.35. The summed E-state index contributed by atoms with van der Waals surface area (Å²) in [7, 11) is 0. The maximum absolute atomic E-state index is 6.13. The summed E-state index contributed by atoms with van der Waals surface area (Å²) in [5.41, 5.74) is -0.139. The molecule has 0 spiro atoms. The number of halogens is 1. The molecule has 100 valence electrons. The highest BCUT2D eigenvalue weighted by atomic mass is 35.5. The molecule has 0 aromatic carbocycles. The Balaban J connectivity index is 2.15. The fraction of sp³-hybridized carbons (Fsp3) is 0.615. The molecule has 1 N–H and O–H groups in total. The highest BCUT2D eigenvalue weighted by Crippen LogP contribution is 2.30. The van der Waals surface area contributed by atoms with Gasteiger partial charge in [0.25, 0.3) is 0 Å². The summed E-state index contributed by atoms with van der Waals surface area (Å²) in [6.07, 6.45) is 3.53. The van der Waals surface area contributed by atoms with E-state index in [-0.39, 0.29) is 5.54 Å². The third-order valence-electron chi connectivity index (χ3n) is 3.16. The Hall–Kier alpha value is -1.00. The number of ether oxygens (including phenoxy) is 2. The van der Waals surface area contributed by atoms with Gasteiger partial charge >= 0.3 is 0 Å². The topological polar surface area (TPSA) is 43.4 Å². The van der Waals surface area contributed by atoms with Crippen LogP contribution >= 0.6 is 11.6 Å². The second kappa shape index (κ2) is 6.25. The molecule has 0 atom stereocenters. The van der Waals surface area contributed by atoms with Crippen molar-refractivity contribution in [1.82, 2.24) is 4.98 Å². The molecular formula is C13H19ClN2O2. The van der Waals surface area contributed by atoms with Crippen molar-refractivity contribution >= 4 is 17.4 Å². The standard InChI is InChI=1S/C13H19ClN2O2/c1-2-18-11-4-3-7-15-12(11)16-13(10-14)5-8-17-9-6-13/h3-4,7H,2,5-6,8-10H2,1H3,(H,15,16). The molecule has 0 saturated carbocycles. The first kappa shape index (κ1) is 13.4. The average Bonchev–Trinajstić information content (AvgIpc) is 2.42. The molecule has 18 heavy (non-hydrogen) atoms. The number of hydrogen-bond acceptors (Lipinski definition) is 4. The van der Waals surface area contributed by atoms with Crippen LogP contribution in [0.15, 0.2) is 18.3 Å². The van der Waals surface area contributed by atoms with Gasteiger partial charge in [-0.2, -0.15) is 0 Å². The molecule has 0 amide bonds. The zero-order valence-electron chi connectivity index (χ0n) is 10.6. The Morgan fingerprint density at radius 1 is 1.50 bits per heavy atom. The first-order valence-corrected chi connectivity index (χ1v) is 6.83. The van der Waals surface area contributed by atoms with Gasteiger partial charge in [-0.25, -0.2) is 4.98 Å². The largest absolute Gasteiger partial charge is 0.490 e. The third kappa shape index (κ3) is 3.06. The molecule has 1 saturated heterocycles. The monoisotopic (exact) mass is 270 g/mol. The van der Waals surface area contributed by atoms with Crippen LogP contribution < -0.4 is 10.1 Å². The first-order chi connectivity index (χ1) is 8.79. The summed E-state index contributed by atoms with van der Waals surface area (Å²) in [6.45, 7) is 4.05. The zero-order valence-corrected chi connectivity index (χ0v) is 11.4. The van der Waals surface area contributed by atoms with Gasteiger partial charge in [0.2, 0.25) is 0 Å². The number of pyridine rings is 1. The molecule has 4 nitrogen and oxygen atoms in total. The van der Waals surface area contributed by atoms with Crippen molar-refractivity contribution in [3.63, 3.8) is 0 Å². The molecular weight excluding hydrogens is 252 g/mol. The molecule has 1 aromatic heterocycles. The Morgan fingerprint density at radius 3 is 2.94 bits per heavy atom. The normalized spacial score (nSPS) is 18.3. The fourth-order valence-electron chi connectivity index (χ4n) is 2.06. The van der Waals surface area contributed by atoms with Gasteiger partial charge in [0.15, 0.2) is 11.6 Å². The van der Waals surface area contributed by atoms with Gasteiger partial charge in [0.1, 0.15) is 0 Å². The highest BCUT2D eigenvalue weighted by Gasteiger charge is 2.32. The second-order valence-electron chi connectivity index (χ2n) is 4.43. The molecule has 1 aliphatic heterocycles. The molecule has 0 bridgehead atoms. The molecule has 1 aliphatic rings. The number of aromatic nitrogens is 1. The third-order valence-corrected chi connectivity index (χ3v) is 3.67. The van der Waals surface area contributed by atoms with E-state index in [0.717, 1.165) is 37.6 Å². The van der Waals surface area contributed by atoms with E-state index in [1.165, 1.54) is 0 Å². The Labute approximate surface area is 113 Å². The van der Waals surface area contributed by atoms with Crippen molar-refractivity contribution in [3.05, 3.63) is 18.3 Å². The van der Waals surface area contributed by atoms with E-state index in [1.807, 2.05) is 19.1 Å². The number of nitrogens with zero attached hydrogens (tertiary/aromatic N) is 1. The number of anilines is 1. The Kier molecular flexibility index (Phi) is 4.66. The smallest absolute Gasteiger partial charge is 0.169 e. The van der Waals surface area contributed by atoms with Crippen molar-refractivity contribution in [2.24, 2.45) is 0 Å². The zero-order chi connectivity index (χ0) is 12.8. The maximum Gasteiger partial charge on any atom is 0.169 e. The van der Waals surface area contributed by atoms with E-state index < -0.39 is 0 Å². The van der Waals surface area contributed by atoms with Crippen LogP contribution in [-0.2, 0) is 4.74 Å². The van der Waals surface area contributed by atoms with Gasteiger partial charge in [-0.3, -0.25) is 0 Å². The summed E-state index contributed by atoms with van der Waals surface area (Å²) >= 11 is 6.13. The van der Waals surface area contributed by atoms with Crippen molar-refractivity contribution in [2.45, 2.75) is 25.3 Å². The van der Waals surface area contributed by atoms with Gasteiger partial charge in [0, 0.05) is 25.3 Å². The molecule has 2 heterocycles. The number of nitrogens with one attached hydrogen (secondary N) is 1. The van der Waals surface area contributed by atoms with Crippen LogP contribution in [0.1, 0.15) is 19.8 Å². The van der Waals surface area contributed by atoms with Gasteiger partial charge in [-0.05, 0) is 31.9 Å². The molecule has 0 unspecified atom stereocenters. The summed E-state index contributed by atoms with van der Waals surface area (Å²) < 4.78 is 11.0. The molecule has 0 aliphatic carbocycles. The van der Waals surface area contributed by atoms with Gasteiger partial charge in [-0.1, -0.05) is 0 Å². The van der Waals surface area contributed by atoms with Gasteiger partial charge in [0.05, 0.1) is 12.1 Å². The lowest BCUT2D eigenvalue weighted by Gasteiger charge is -2.37. The van der Waals surface area contributed by atoms with E-state index in [2.05, 4.69) is 10.3 Å². The first-order valence-electron chi connectivity index (χ1n) is 6.29. The van der Waals surface area contributed by atoms with Crippen LogP contribution in [0, 0.1) is 0 Å². The van der Waals surface area contributed by atoms with E-state index >= 15 is 0 Å². The molecule has 0 radical (unpaired) electrons. The average molecular weight is 271 g/mol. The van der Waals surface area contributed by atoms with E-state index in [0.29, 0.717) is 12.5 Å². The van der Waals surface area contributed by atoms with Crippen LogP contribution in [-0.4, -0.2) is 36.2 Å². The highest BCUT2D eigenvalue weighted by molar-refractivity contribution is 6.18. The Morgan fingerprint density at radius 2 is 2.28 bits per heavy atom. The SMILES string of the molecule is CCOc1cccnc1NC1(CCl)CCOCC1. The lowest BCUT2D eigenvalue weighted by Crippen LogP contribution is -2.45. The predicted molar refractivity (Wildman–Crippen MR) is 72.5 cm³/mol. The number of rotatable bonds is 5. The van der Waals surface area contributed by atoms with Crippen molar-refractivity contribution in [1.29, 1.82) is 0 Å². The van der Waals surface area contributed by atoms with Crippen LogP contribution in [0.25, 0.3) is 0 Å². The molecule has 1 aromatic rings. The Bertz CT molecular complexity index is 381. The second-order valence-corrected chi connectivity index (χ2v) is 4.70. The minimum Gasteiger partial charge on any atom is -0.490 e. The summed E-state index contributed by atoms with van der Waals surface area (Å²) in [5.74, 6) is 2.08. The van der Waals surface area contributed by atoms with Crippen LogP contribution in [0.3, 0.4) is 0 Å². The van der Waals surface area contributed by atoms with Crippen molar-refractivity contribution in [3.8, 4) is 5.75 Å². The lowest BCUT2D eigenvalue weighted by atomic mass is 9.92. The van der Waals surface area contributed by atoms with E-state index in [9.17, 15) is 0 Å². The van der Waals surface area contributed by atoms with Crippen molar-refractivity contribution < 1.29 is 9.47 Å². The fourth-order valence-corrected chi connectivity index (χ4v) is 2.40. The van der Waals surface area contributed by atoms with E-state index in [4.69, 9.17) is 21.1 Å². The molecule has 2 rings (SSSR count).